The predicted octanol–water partition coefficient (Wildman–Crippen LogP) is 1.09. The van der Waals surface area contributed by atoms with Crippen LogP contribution in [0.3, 0.4) is 0 Å². The summed E-state index contributed by atoms with van der Waals surface area (Å²) in [5.74, 6) is -0.0673. The van der Waals surface area contributed by atoms with E-state index in [1.807, 2.05) is 0 Å². The summed E-state index contributed by atoms with van der Waals surface area (Å²) in [7, 11) is -3.63. The molecule has 6 nitrogen and oxygen atoms in total. The first-order chi connectivity index (χ1) is 10.3. The van der Waals surface area contributed by atoms with Crippen molar-refractivity contribution in [1.82, 2.24) is 9.21 Å². The van der Waals surface area contributed by atoms with Crippen LogP contribution in [0.25, 0.3) is 0 Å². The number of nitrogens with two attached hydrogens (primary N) is 1. The van der Waals surface area contributed by atoms with Crippen molar-refractivity contribution in [2.75, 3.05) is 26.2 Å². The van der Waals surface area contributed by atoms with Gasteiger partial charge in [-0.2, -0.15) is 4.31 Å². The van der Waals surface area contributed by atoms with Crippen molar-refractivity contribution >= 4 is 39.9 Å². The van der Waals surface area contributed by atoms with Crippen LogP contribution in [-0.4, -0.2) is 55.2 Å². The van der Waals surface area contributed by atoms with Gasteiger partial charge in [0.25, 0.3) is 0 Å². The Morgan fingerprint density at radius 3 is 2.22 bits per heavy atom. The number of hydrogen-bond acceptors (Lipinski definition) is 4. The van der Waals surface area contributed by atoms with Crippen molar-refractivity contribution in [2.24, 2.45) is 5.73 Å². The van der Waals surface area contributed by atoms with Crippen LogP contribution in [0.4, 0.5) is 0 Å². The SMILES string of the molecule is Cl.NC1(C(=O)N2CCN(S(=O)(=O)c3ccccc3Cl)CC2)CC1. The number of amides is 1. The molecule has 23 heavy (non-hydrogen) atoms. The third-order valence-electron chi connectivity index (χ3n) is 4.19. The van der Waals surface area contributed by atoms with Gasteiger partial charge in [-0.3, -0.25) is 4.79 Å². The first-order valence-electron chi connectivity index (χ1n) is 7.17. The van der Waals surface area contributed by atoms with E-state index in [-0.39, 0.29) is 41.3 Å². The second kappa shape index (κ2) is 6.57. The van der Waals surface area contributed by atoms with E-state index in [1.165, 1.54) is 10.4 Å². The van der Waals surface area contributed by atoms with Gasteiger partial charge in [0.1, 0.15) is 4.90 Å². The molecule has 1 aromatic rings. The molecule has 1 aliphatic carbocycles. The summed E-state index contributed by atoms with van der Waals surface area (Å²) in [6.45, 7) is 1.24. The molecule has 1 amide bonds. The highest BCUT2D eigenvalue weighted by atomic mass is 35.5. The molecule has 1 saturated heterocycles. The van der Waals surface area contributed by atoms with Crippen molar-refractivity contribution in [1.29, 1.82) is 0 Å². The van der Waals surface area contributed by atoms with Crippen LogP contribution in [0.15, 0.2) is 29.2 Å². The molecule has 1 saturated carbocycles. The smallest absolute Gasteiger partial charge is 0.244 e. The third-order valence-corrected chi connectivity index (χ3v) is 6.59. The predicted molar refractivity (Wildman–Crippen MR) is 90.2 cm³/mol. The van der Waals surface area contributed by atoms with Gasteiger partial charge in [-0.25, -0.2) is 8.42 Å². The number of carbonyl (C=O) groups is 1. The van der Waals surface area contributed by atoms with Crippen LogP contribution in [0.1, 0.15) is 12.8 Å². The van der Waals surface area contributed by atoms with Gasteiger partial charge < -0.3 is 10.6 Å². The fourth-order valence-electron chi connectivity index (χ4n) is 2.59. The summed E-state index contributed by atoms with van der Waals surface area (Å²) in [5.41, 5.74) is 5.21. The monoisotopic (exact) mass is 379 g/mol. The molecule has 0 radical (unpaired) electrons. The second-order valence-electron chi connectivity index (χ2n) is 5.78. The molecule has 0 atom stereocenters. The Bertz CT molecular complexity index is 699. The lowest BCUT2D eigenvalue weighted by molar-refractivity contribution is -0.134. The van der Waals surface area contributed by atoms with E-state index in [4.69, 9.17) is 17.3 Å². The van der Waals surface area contributed by atoms with Crippen LogP contribution >= 0.6 is 24.0 Å². The molecule has 3 rings (SSSR count). The number of hydrogen-bond donors (Lipinski definition) is 1. The molecule has 2 aliphatic rings. The minimum absolute atomic E-state index is 0. The Labute approximate surface area is 147 Å². The van der Waals surface area contributed by atoms with E-state index in [1.54, 1.807) is 23.1 Å². The molecule has 0 aromatic heterocycles. The van der Waals surface area contributed by atoms with E-state index in [0.29, 0.717) is 25.9 Å². The summed E-state index contributed by atoms with van der Waals surface area (Å²) in [6, 6.07) is 6.38. The molecular formula is C14H19Cl2N3O3S. The van der Waals surface area contributed by atoms with E-state index in [0.717, 1.165) is 0 Å². The number of carbonyl (C=O) groups excluding carboxylic acids is 1. The van der Waals surface area contributed by atoms with E-state index < -0.39 is 15.6 Å². The summed E-state index contributed by atoms with van der Waals surface area (Å²) in [5, 5.41) is 0.208. The van der Waals surface area contributed by atoms with Crippen molar-refractivity contribution in [3.8, 4) is 0 Å². The van der Waals surface area contributed by atoms with Gasteiger partial charge in [-0.15, -0.1) is 12.4 Å². The molecule has 9 heteroatoms. The number of sulfonamides is 1. The van der Waals surface area contributed by atoms with Crippen LogP contribution in [0.2, 0.25) is 5.02 Å². The molecule has 1 aromatic carbocycles. The lowest BCUT2D eigenvalue weighted by atomic mass is 10.2. The molecule has 0 unspecified atom stereocenters. The van der Waals surface area contributed by atoms with Crippen molar-refractivity contribution in [2.45, 2.75) is 23.3 Å². The number of nitrogens with zero attached hydrogens (tertiary/aromatic N) is 2. The molecule has 128 valence electrons. The number of rotatable bonds is 3. The summed E-state index contributed by atoms with van der Waals surface area (Å²) >= 11 is 5.99. The Hall–Kier alpha value is -0.860. The number of piperazine rings is 1. The van der Waals surface area contributed by atoms with Gasteiger partial charge in [0.05, 0.1) is 10.6 Å². The van der Waals surface area contributed by atoms with Crippen LogP contribution < -0.4 is 5.73 Å². The Morgan fingerprint density at radius 2 is 1.70 bits per heavy atom. The minimum Gasteiger partial charge on any atom is -0.338 e. The highest BCUT2D eigenvalue weighted by Crippen LogP contribution is 2.34. The zero-order valence-corrected chi connectivity index (χ0v) is 14.8. The topological polar surface area (TPSA) is 83.7 Å². The molecule has 1 heterocycles. The van der Waals surface area contributed by atoms with E-state index >= 15 is 0 Å². The molecule has 0 spiro atoms. The summed E-state index contributed by atoms with van der Waals surface area (Å²) in [4.78, 5) is 13.9. The number of benzene rings is 1. The fourth-order valence-corrected chi connectivity index (χ4v) is 4.50. The normalized spacial score (nSPS) is 20.7. The van der Waals surface area contributed by atoms with Gasteiger partial charge >= 0.3 is 0 Å². The maximum absolute atomic E-state index is 12.6. The lowest BCUT2D eigenvalue weighted by Crippen LogP contribution is -2.55. The fraction of sp³-hybridized carbons (Fsp3) is 0.500. The van der Waals surface area contributed by atoms with Gasteiger partial charge in [-0.05, 0) is 25.0 Å². The largest absolute Gasteiger partial charge is 0.338 e. The quantitative estimate of drug-likeness (QED) is 0.851. The van der Waals surface area contributed by atoms with Gasteiger partial charge in [0.15, 0.2) is 0 Å². The lowest BCUT2D eigenvalue weighted by Gasteiger charge is -2.35. The maximum atomic E-state index is 12.6. The molecule has 2 N–H and O–H groups in total. The maximum Gasteiger partial charge on any atom is 0.244 e. The second-order valence-corrected chi connectivity index (χ2v) is 8.10. The standard InChI is InChI=1S/C14H18ClN3O3S.ClH/c15-11-3-1-2-4-12(11)22(20,21)18-9-7-17(8-10-18)13(19)14(16)5-6-14;/h1-4H,5-10,16H2;1H. The first kappa shape index (κ1) is 18.5. The number of halogens is 2. The highest BCUT2D eigenvalue weighted by molar-refractivity contribution is 7.89. The minimum atomic E-state index is -3.63. The Kier molecular flexibility index (Phi) is 5.27. The average molecular weight is 380 g/mol. The van der Waals surface area contributed by atoms with Crippen LogP contribution in [0.5, 0.6) is 0 Å². The first-order valence-corrected chi connectivity index (χ1v) is 8.99. The van der Waals surface area contributed by atoms with E-state index in [9.17, 15) is 13.2 Å². The summed E-state index contributed by atoms with van der Waals surface area (Å²) < 4.78 is 26.6. The molecule has 0 bridgehead atoms. The highest BCUT2D eigenvalue weighted by Gasteiger charge is 2.48. The average Bonchev–Trinajstić information content (AvgIpc) is 3.26. The van der Waals surface area contributed by atoms with Crippen LogP contribution in [-0.2, 0) is 14.8 Å². The molecule has 1 aliphatic heterocycles. The van der Waals surface area contributed by atoms with Crippen LogP contribution in [0, 0.1) is 0 Å². The zero-order valence-electron chi connectivity index (χ0n) is 12.4. The van der Waals surface area contributed by atoms with Crippen molar-refractivity contribution in [3.63, 3.8) is 0 Å². The van der Waals surface area contributed by atoms with E-state index in [2.05, 4.69) is 0 Å². The zero-order chi connectivity index (χ0) is 16.0. The van der Waals surface area contributed by atoms with Gasteiger partial charge in [0, 0.05) is 26.2 Å². The van der Waals surface area contributed by atoms with Gasteiger partial charge in [0.2, 0.25) is 15.9 Å². The molecular weight excluding hydrogens is 361 g/mol. The summed E-state index contributed by atoms with van der Waals surface area (Å²) in [6.07, 6.45) is 1.42. The van der Waals surface area contributed by atoms with Gasteiger partial charge in [-0.1, -0.05) is 23.7 Å². The molecule has 2 fully saturated rings. The third kappa shape index (κ3) is 3.49. The van der Waals surface area contributed by atoms with Crippen molar-refractivity contribution in [3.05, 3.63) is 29.3 Å². The van der Waals surface area contributed by atoms with Crippen molar-refractivity contribution < 1.29 is 13.2 Å². The Morgan fingerprint density at radius 1 is 1.13 bits per heavy atom. The Balaban J connectivity index is 0.00000192.